The number of nitrogens with zero attached hydrogens (tertiary/aromatic N) is 3. The summed E-state index contributed by atoms with van der Waals surface area (Å²) in [4.78, 5) is 1.74. The second-order valence-corrected chi connectivity index (χ2v) is 9.91. The molecule has 0 aliphatic rings. The molecule has 0 unspecified atom stereocenters. The van der Waals surface area contributed by atoms with Crippen LogP contribution in [0.2, 0.25) is 0 Å². The first-order chi connectivity index (χ1) is 15.5. The molecule has 0 N–H and O–H groups in total. The normalized spacial score (nSPS) is 12.0. The molecule has 0 fully saturated rings. The summed E-state index contributed by atoms with van der Waals surface area (Å²) in [6.45, 7) is 0.0809. The molecule has 0 saturated carbocycles. The maximum Gasteiger partial charge on any atom is 0.264 e. The van der Waals surface area contributed by atoms with Crippen molar-refractivity contribution in [3.8, 4) is 0 Å². The smallest absolute Gasteiger partial charge is 0.264 e. The summed E-state index contributed by atoms with van der Waals surface area (Å²) in [7, 11) is -3.46. The van der Waals surface area contributed by atoms with Crippen molar-refractivity contribution in [2.24, 2.45) is 0 Å². The summed E-state index contributed by atoms with van der Waals surface area (Å²) < 4.78 is 27.2. The highest BCUT2D eigenvalue weighted by Gasteiger charge is 2.40. The Morgan fingerprint density at radius 3 is 1.75 bits per heavy atom. The van der Waals surface area contributed by atoms with Crippen LogP contribution in [-0.4, -0.2) is 42.0 Å². The minimum Gasteiger partial charge on any atom is -0.269 e. The molecule has 0 bridgehead atoms. The van der Waals surface area contributed by atoms with E-state index in [-0.39, 0.29) is 6.61 Å². The first-order valence-corrected chi connectivity index (χ1v) is 12.9. The first kappa shape index (κ1) is 22.3. The van der Waals surface area contributed by atoms with E-state index in [1.165, 1.54) is 11.8 Å². The van der Waals surface area contributed by atoms with E-state index in [2.05, 4.69) is 41.5 Å². The van der Waals surface area contributed by atoms with E-state index in [0.29, 0.717) is 10.8 Å². The summed E-state index contributed by atoms with van der Waals surface area (Å²) in [5, 5.41) is 10.2. The molecule has 32 heavy (non-hydrogen) atoms. The zero-order valence-electron chi connectivity index (χ0n) is 17.5. The standard InChI is InChI=1S/C24H23N3O3S2/c1-32(28,29)30-17-18-31-23-19-25-27(26-23)24(20-11-5-2-6-12-20,21-13-7-3-8-14-21)22-15-9-4-10-16-22/h2-16,19H,17-18H2,1H3. The lowest BCUT2D eigenvalue weighted by atomic mass is 9.77. The van der Waals surface area contributed by atoms with Crippen LogP contribution in [0.3, 0.4) is 0 Å². The fraction of sp³-hybridized carbons (Fsp3) is 0.167. The molecule has 4 aromatic rings. The van der Waals surface area contributed by atoms with Gasteiger partial charge >= 0.3 is 0 Å². The van der Waals surface area contributed by atoms with Crippen LogP contribution < -0.4 is 0 Å². The van der Waals surface area contributed by atoms with Crippen LogP contribution in [0.25, 0.3) is 0 Å². The van der Waals surface area contributed by atoms with Crippen LogP contribution in [0.5, 0.6) is 0 Å². The van der Waals surface area contributed by atoms with Crippen molar-refractivity contribution in [2.45, 2.75) is 10.6 Å². The van der Waals surface area contributed by atoms with Crippen molar-refractivity contribution in [3.05, 3.63) is 114 Å². The Bertz CT molecular complexity index is 1150. The highest BCUT2D eigenvalue weighted by molar-refractivity contribution is 7.99. The number of hydrogen-bond acceptors (Lipinski definition) is 6. The Kier molecular flexibility index (Phi) is 6.74. The van der Waals surface area contributed by atoms with Crippen molar-refractivity contribution >= 4 is 21.9 Å². The van der Waals surface area contributed by atoms with Gasteiger partial charge in [0.15, 0.2) is 5.54 Å². The zero-order valence-corrected chi connectivity index (χ0v) is 19.2. The van der Waals surface area contributed by atoms with Gasteiger partial charge in [0.25, 0.3) is 10.1 Å². The second kappa shape index (κ2) is 9.68. The molecule has 0 radical (unpaired) electrons. The van der Waals surface area contributed by atoms with Crippen LogP contribution in [0.15, 0.2) is 102 Å². The van der Waals surface area contributed by atoms with Gasteiger partial charge < -0.3 is 0 Å². The van der Waals surface area contributed by atoms with E-state index in [9.17, 15) is 8.42 Å². The highest BCUT2D eigenvalue weighted by Crippen LogP contribution is 2.40. The lowest BCUT2D eigenvalue weighted by molar-refractivity contribution is 0.345. The van der Waals surface area contributed by atoms with E-state index in [0.717, 1.165) is 22.9 Å². The van der Waals surface area contributed by atoms with Crippen LogP contribution in [0.1, 0.15) is 16.7 Å². The van der Waals surface area contributed by atoms with E-state index in [4.69, 9.17) is 9.28 Å². The summed E-state index contributed by atoms with van der Waals surface area (Å²) in [5.74, 6) is 0.445. The van der Waals surface area contributed by atoms with Crippen molar-refractivity contribution in [2.75, 3.05) is 18.6 Å². The van der Waals surface area contributed by atoms with Crippen molar-refractivity contribution < 1.29 is 12.6 Å². The third-order valence-electron chi connectivity index (χ3n) is 4.98. The van der Waals surface area contributed by atoms with Gasteiger partial charge in [0.2, 0.25) is 0 Å². The molecule has 0 amide bonds. The molecule has 0 spiro atoms. The van der Waals surface area contributed by atoms with E-state index in [1.807, 2.05) is 54.6 Å². The Balaban J connectivity index is 1.80. The molecular weight excluding hydrogens is 442 g/mol. The SMILES string of the molecule is CS(=O)(=O)OCCSc1cnn(C(c2ccccc2)(c2ccccc2)c2ccccc2)n1. The molecule has 0 aliphatic carbocycles. The van der Waals surface area contributed by atoms with Gasteiger partial charge in [0, 0.05) is 5.75 Å². The fourth-order valence-electron chi connectivity index (χ4n) is 3.69. The highest BCUT2D eigenvalue weighted by atomic mass is 32.2. The Morgan fingerprint density at radius 1 is 0.844 bits per heavy atom. The summed E-state index contributed by atoms with van der Waals surface area (Å²) in [6.07, 6.45) is 2.75. The quantitative estimate of drug-likeness (QED) is 0.160. The van der Waals surface area contributed by atoms with E-state index >= 15 is 0 Å². The minimum atomic E-state index is -3.46. The van der Waals surface area contributed by atoms with Crippen molar-refractivity contribution in [1.82, 2.24) is 15.0 Å². The molecule has 164 valence electrons. The number of aromatic nitrogens is 3. The maximum absolute atomic E-state index is 11.2. The van der Waals surface area contributed by atoms with Gasteiger partial charge in [-0.05, 0) is 16.7 Å². The van der Waals surface area contributed by atoms with Gasteiger partial charge in [-0.2, -0.15) is 18.3 Å². The van der Waals surface area contributed by atoms with E-state index < -0.39 is 15.7 Å². The Hall–Kier alpha value is -2.94. The molecule has 1 aromatic heterocycles. The summed E-state index contributed by atoms with van der Waals surface area (Å²) in [5.41, 5.74) is 2.33. The molecule has 8 heteroatoms. The van der Waals surface area contributed by atoms with Crippen LogP contribution in [0, 0.1) is 0 Å². The number of hydrogen-bond donors (Lipinski definition) is 0. The van der Waals surface area contributed by atoms with Crippen molar-refractivity contribution in [1.29, 1.82) is 0 Å². The van der Waals surface area contributed by atoms with Gasteiger partial charge in [0.1, 0.15) is 5.03 Å². The topological polar surface area (TPSA) is 74.1 Å². The fourth-order valence-corrected chi connectivity index (χ4v) is 4.82. The van der Waals surface area contributed by atoms with Crippen LogP contribution in [-0.2, 0) is 19.8 Å². The lowest BCUT2D eigenvalue weighted by Crippen LogP contribution is -2.39. The van der Waals surface area contributed by atoms with Gasteiger partial charge in [-0.25, -0.2) is 0 Å². The molecular formula is C24H23N3O3S2. The van der Waals surface area contributed by atoms with Gasteiger partial charge in [-0.1, -0.05) is 91.0 Å². The maximum atomic E-state index is 11.2. The largest absolute Gasteiger partial charge is 0.269 e. The zero-order chi connectivity index (χ0) is 22.4. The molecule has 3 aromatic carbocycles. The molecule has 1 heterocycles. The number of thioether (sulfide) groups is 1. The average molecular weight is 466 g/mol. The molecule has 6 nitrogen and oxygen atoms in total. The third-order valence-corrected chi connectivity index (χ3v) is 6.42. The van der Waals surface area contributed by atoms with Gasteiger partial charge in [-0.3, -0.25) is 4.18 Å². The van der Waals surface area contributed by atoms with Crippen LogP contribution >= 0.6 is 11.8 Å². The number of benzene rings is 3. The Labute approximate surface area is 192 Å². The molecule has 4 rings (SSSR count). The lowest BCUT2D eigenvalue weighted by Gasteiger charge is -2.34. The Morgan fingerprint density at radius 2 is 1.31 bits per heavy atom. The summed E-state index contributed by atoms with van der Waals surface area (Å²) >= 11 is 1.40. The van der Waals surface area contributed by atoms with Crippen LogP contribution in [0.4, 0.5) is 0 Å². The molecule has 0 atom stereocenters. The predicted octanol–water partition coefficient (Wildman–Crippen LogP) is 4.19. The second-order valence-electron chi connectivity index (χ2n) is 7.16. The van der Waals surface area contributed by atoms with Gasteiger partial charge in [0.05, 0.1) is 19.1 Å². The third kappa shape index (κ3) is 4.77. The van der Waals surface area contributed by atoms with Crippen molar-refractivity contribution in [3.63, 3.8) is 0 Å². The predicted molar refractivity (Wildman–Crippen MR) is 126 cm³/mol. The minimum absolute atomic E-state index is 0.0809. The van der Waals surface area contributed by atoms with Gasteiger partial charge in [-0.15, -0.1) is 16.9 Å². The monoisotopic (exact) mass is 465 g/mol. The molecule has 0 saturated heterocycles. The van der Waals surface area contributed by atoms with E-state index in [1.54, 1.807) is 11.0 Å². The average Bonchev–Trinajstić information content (AvgIpc) is 3.28. The number of rotatable bonds is 9. The first-order valence-electron chi connectivity index (χ1n) is 10.1. The summed E-state index contributed by atoms with van der Waals surface area (Å²) in [6, 6.07) is 30.5. The molecule has 0 aliphatic heterocycles.